The van der Waals surface area contributed by atoms with Crippen LogP contribution in [-0.4, -0.2) is 23.8 Å². The monoisotopic (exact) mass is 417 g/mol. The molecule has 0 spiro atoms. The number of fused-ring (bicyclic) bond motifs is 3. The molecule has 0 radical (unpaired) electrons. The standard InChI is InChI=1S/C21H21Cl2N3O2/c1-12(13-4-5-16(22)17(23)8-13)25-21-24-11-18-15-10-20(28-3)19(27-2)9-14(15)6-7-26(18)21/h4-5,8-12H,6-7H2,1-3H3,(H,24,25). The van der Waals surface area contributed by atoms with Gasteiger partial charge in [0.1, 0.15) is 0 Å². The normalized spacial score (nSPS) is 13.5. The Labute approximate surface area is 174 Å². The Morgan fingerprint density at radius 3 is 2.54 bits per heavy atom. The molecule has 1 atom stereocenters. The quantitative estimate of drug-likeness (QED) is 0.586. The third kappa shape index (κ3) is 3.29. The molecule has 146 valence electrons. The number of rotatable bonds is 5. The lowest BCUT2D eigenvalue weighted by Gasteiger charge is -2.23. The Kier molecular flexibility index (Phi) is 5.13. The number of benzene rings is 2. The van der Waals surface area contributed by atoms with E-state index < -0.39 is 0 Å². The van der Waals surface area contributed by atoms with Crippen LogP contribution in [0.4, 0.5) is 5.95 Å². The van der Waals surface area contributed by atoms with E-state index in [0.29, 0.717) is 10.0 Å². The Hall–Kier alpha value is -2.37. The van der Waals surface area contributed by atoms with Crippen molar-refractivity contribution < 1.29 is 9.47 Å². The molecule has 3 aromatic rings. The average Bonchev–Trinajstić information content (AvgIpc) is 3.11. The lowest BCUT2D eigenvalue weighted by molar-refractivity contribution is 0.354. The highest BCUT2D eigenvalue weighted by atomic mass is 35.5. The van der Waals surface area contributed by atoms with Crippen molar-refractivity contribution in [3.63, 3.8) is 0 Å². The highest BCUT2D eigenvalue weighted by Gasteiger charge is 2.23. The van der Waals surface area contributed by atoms with Crippen molar-refractivity contribution in [1.29, 1.82) is 0 Å². The van der Waals surface area contributed by atoms with Crippen molar-refractivity contribution in [2.75, 3.05) is 19.5 Å². The second-order valence-corrected chi connectivity index (χ2v) is 7.59. The van der Waals surface area contributed by atoms with Gasteiger partial charge in [-0.1, -0.05) is 29.3 Å². The topological polar surface area (TPSA) is 48.3 Å². The van der Waals surface area contributed by atoms with Crippen LogP contribution >= 0.6 is 23.2 Å². The lowest BCUT2D eigenvalue weighted by atomic mass is 9.98. The molecular weight excluding hydrogens is 397 g/mol. The molecule has 1 aliphatic heterocycles. The first-order valence-electron chi connectivity index (χ1n) is 9.04. The van der Waals surface area contributed by atoms with E-state index in [9.17, 15) is 0 Å². The Morgan fingerprint density at radius 2 is 1.82 bits per heavy atom. The van der Waals surface area contributed by atoms with Crippen LogP contribution in [0.2, 0.25) is 10.0 Å². The van der Waals surface area contributed by atoms with Crippen molar-refractivity contribution in [3.05, 3.63) is 57.7 Å². The molecule has 0 amide bonds. The number of methoxy groups -OCH3 is 2. The third-order valence-corrected chi connectivity index (χ3v) is 5.87. The van der Waals surface area contributed by atoms with E-state index in [0.717, 1.165) is 47.2 Å². The number of nitrogens with zero attached hydrogens (tertiary/aromatic N) is 2. The van der Waals surface area contributed by atoms with Gasteiger partial charge in [0.15, 0.2) is 11.5 Å². The molecule has 1 N–H and O–H groups in total. The van der Waals surface area contributed by atoms with E-state index in [2.05, 4.69) is 27.9 Å². The fourth-order valence-corrected chi connectivity index (χ4v) is 3.90. The molecule has 28 heavy (non-hydrogen) atoms. The molecule has 4 rings (SSSR count). The molecule has 1 aromatic heterocycles. The van der Waals surface area contributed by atoms with Gasteiger partial charge >= 0.3 is 0 Å². The van der Waals surface area contributed by atoms with Crippen LogP contribution < -0.4 is 14.8 Å². The van der Waals surface area contributed by atoms with Gasteiger partial charge in [0.05, 0.1) is 42.2 Å². The number of aromatic nitrogens is 2. The number of anilines is 1. The summed E-state index contributed by atoms with van der Waals surface area (Å²) in [4.78, 5) is 4.62. The first-order valence-corrected chi connectivity index (χ1v) is 9.79. The summed E-state index contributed by atoms with van der Waals surface area (Å²) in [6, 6.07) is 9.78. The van der Waals surface area contributed by atoms with Crippen molar-refractivity contribution in [1.82, 2.24) is 9.55 Å². The van der Waals surface area contributed by atoms with Crippen LogP contribution in [-0.2, 0) is 13.0 Å². The van der Waals surface area contributed by atoms with Crippen LogP contribution in [0.5, 0.6) is 11.5 Å². The van der Waals surface area contributed by atoms with Gasteiger partial charge in [-0.25, -0.2) is 4.98 Å². The zero-order valence-electron chi connectivity index (χ0n) is 15.9. The second kappa shape index (κ2) is 7.57. The van der Waals surface area contributed by atoms with Crippen LogP contribution in [0.25, 0.3) is 11.3 Å². The summed E-state index contributed by atoms with van der Waals surface area (Å²) in [6.45, 7) is 2.92. The molecule has 1 aliphatic rings. The van der Waals surface area contributed by atoms with Gasteiger partial charge in [-0.2, -0.15) is 0 Å². The SMILES string of the molecule is COc1cc2c(cc1OC)-c1cnc(NC(C)c3ccc(Cl)c(Cl)c3)n1CC2. The minimum Gasteiger partial charge on any atom is -0.493 e. The fraction of sp³-hybridized carbons (Fsp3) is 0.286. The van der Waals surface area contributed by atoms with E-state index in [-0.39, 0.29) is 6.04 Å². The van der Waals surface area contributed by atoms with Crippen LogP contribution in [0.3, 0.4) is 0 Å². The van der Waals surface area contributed by atoms with Gasteiger partial charge in [-0.3, -0.25) is 0 Å². The van der Waals surface area contributed by atoms with E-state index in [1.54, 1.807) is 14.2 Å². The third-order valence-electron chi connectivity index (χ3n) is 5.13. The molecule has 1 unspecified atom stereocenters. The molecule has 2 aromatic carbocycles. The first kappa shape index (κ1) is 19.0. The molecule has 2 heterocycles. The van der Waals surface area contributed by atoms with Crippen molar-refractivity contribution in [2.45, 2.75) is 25.9 Å². The second-order valence-electron chi connectivity index (χ2n) is 6.77. The van der Waals surface area contributed by atoms with Crippen LogP contribution in [0, 0.1) is 0 Å². The van der Waals surface area contributed by atoms with Gasteiger partial charge in [0.2, 0.25) is 5.95 Å². The zero-order chi connectivity index (χ0) is 19.8. The Bertz CT molecular complexity index is 1030. The zero-order valence-corrected chi connectivity index (χ0v) is 17.4. The summed E-state index contributed by atoms with van der Waals surface area (Å²) in [7, 11) is 3.31. The number of nitrogens with one attached hydrogen (secondary N) is 1. The molecule has 0 saturated carbocycles. The molecule has 5 nitrogen and oxygen atoms in total. The maximum atomic E-state index is 6.16. The summed E-state index contributed by atoms with van der Waals surface area (Å²) < 4.78 is 13.1. The van der Waals surface area contributed by atoms with Gasteiger partial charge in [0, 0.05) is 12.1 Å². The number of halogens is 2. The highest BCUT2D eigenvalue weighted by Crippen LogP contribution is 2.39. The van der Waals surface area contributed by atoms with Crippen molar-refractivity contribution in [2.24, 2.45) is 0 Å². The minimum absolute atomic E-state index is 0.0352. The summed E-state index contributed by atoms with van der Waals surface area (Å²) in [5, 5.41) is 4.59. The van der Waals surface area contributed by atoms with Crippen molar-refractivity contribution in [3.8, 4) is 22.8 Å². The molecule has 7 heteroatoms. The van der Waals surface area contributed by atoms with Crippen LogP contribution in [0.1, 0.15) is 24.1 Å². The van der Waals surface area contributed by atoms with Crippen molar-refractivity contribution >= 4 is 29.2 Å². The Balaban J connectivity index is 1.65. The first-order chi connectivity index (χ1) is 13.5. The maximum Gasteiger partial charge on any atom is 0.203 e. The Morgan fingerprint density at radius 1 is 1.07 bits per heavy atom. The maximum absolute atomic E-state index is 6.16. The molecule has 0 bridgehead atoms. The smallest absolute Gasteiger partial charge is 0.203 e. The largest absolute Gasteiger partial charge is 0.493 e. The van der Waals surface area contributed by atoms with E-state index in [1.807, 2.05) is 30.5 Å². The van der Waals surface area contributed by atoms with Gasteiger partial charge in [0.25, 0.3) is 0 Å². The summed E-state index contributed by atoms with van der Waals surface area (Å²) in [5.74, 6) is 2.30. The van der Waals surface area contributed by atoms with Gasteiger partial charge < -0.3 is 19.4 Å². The van der Waals surface area contributed by atoms with E-state index >= 15 is 0 Å². The van der Waals surface area contributed by atoms with Gasteiger partial charge in [-0.15, -0.1) is 0 Å². The van der Waals surface area contributed by atoms with E-state index in [1.165, 1.54) is 5.56 Å². The number of hydrogen-bond acceptors (Lipinski definition) is 4. The molecule has 0 saturated heterocycles. The highest BCUT2D eigenvalue weighted by molar-refractivity contribution is 6.42. The predicted molar refractivity (Wildman–Crippen MR) is 113 cm³/mol. The van der Waals surface area contributed by atoms with Crippen LogP contribution in [0.15, 0.2) is 36.5 Å². The fourth-order valence-electron chi connectivity index (χ4n) is 3.59. The number of aryl methyl sites for hydroxylation is 1. The van der Waals surface area contributed by atoms with Gasteiger partial charge in [-0.05, 0) is 48.7 Å². The summed E-state index contributed by atoms with van der Waals surface area (Å²) in [5.41, 5.74) is 4.46. The minimum atomic E-state index is 0.0352. The number of hydrogen-bond donors (Lipinski definition) is 1. The molecular formula is C21H21Cl2N3O2. The molecule has 0 fully saturated rings. The molecule has 0 aliphatic carbocycles. The number of ether oxygens (including phenoxy) is 2. The summed E-state index contributed by atoms with van der Waals surface area (Å²) in [6.07, 6.45) is 2.79. The lowest BCUT2D eigenvalue weighted by Crippen LogP contribution is -2.16. The predicted octanol–water partition coefficient (Wildman–Crippen LogP) is 5.60. The average molecular weight is 418 g/mol. The van der Waals surface area contributed by atoms with E-state index in [4.69, 9.17) is 32.7 Å². The summed E-state index contributed by atoms with van der Waals surface area (Å²) >= 11 is 12.2. The number of imidazole rings is 1.